The van der Waals surface area contributed by atoms with Gasteiger partial charge in [0, 0.05) is 23.4 Å². The van der Waals surface area contributed by atoms with Gasteiger partial charge in [0.25, 0.3) is 5.91 Å². The number of nitrogens with zero attached hydrogens (tertiary/aromatic N) is 2. The fraction of sp³-hybridized carbons (Fsp3) is 0.333. The van der Waals surface area contributed by atoms with Crippen LogP contribution in [0.5, 0.6) is 0 Å². The number of rotatable bonds is 6. The zero-order valence-electron chi connectivity index (χ0n) is 11.4. The molecule has 0 unspecified atom stereocenters. The number of hydrogen-bond acceptors (Lipinski definition) is 4. The monoisotopic (exact) mass is 322 g/mol. The van der Waals surface area contributed by atoms with Crippen molar-refractivity contribution < 1.29 is 9.32 Å². The first-order chi connectivity index (χ1) is 10.2. The maximum absolute atomic E-state index is 12.5. The first kappa shape index (κ1) is 14.4. The molecule has 110 valence electrons. The Morgan fingerprint density at radius 3 is 3.00 bits per heavy atom. The smallest absolute Gasteiger partial charge is 0.276 e. The zero-order chi connectivity index (χ0) is 14.8. The Kier molecular flexibility index (Phi) is 4.12. The van der Waals surface area contributed by atoms with Gasteiger partial charge in [0.2, 0.25) is 0 Å². The van der Waals surface area contributed by atoms with Crippen molar-refractivity contribution in [3.05, 3.63) is 51.5 Å². The van der Waals surface area contributed by atoms with Gasteiger partial charge in [0.1, 0.15) is 5.76 Å². The van der Waals surface area contributed by atoms with Crippen LogP contribution in [0.3, 0.4) is 0 Å². The molecule has 0 N–H and O–H groups in total. The lowest BCUT2D eigenvalue weighted by Crippen LogP contribution is -2.30. The average molecular weight is 323 g/mol. The van der Waals surface area contributed by atoms with Gasteiger partial charge in [-0.1, -0.05) is 22.8 Å². The van der Waals surface area contributed by atoms with Crippen molar-refractivity contribution in [1.29, 1.82) is 0 Å². The van der Waals surface area contributed by atoms with E-state index in [0.29, 0.717) is 29.0 Å². The van der Waals surface area contributed by atoms with Crippen LogP contribution in [0.15, 0.2) is 35.4 Å². The maximum atomic E-state index is 12.5. The molecule has 0 spiro atoms. The largest absolute Gasteiger partial charge is 0.360 e. The van der Waals surface area contributed by atoms with E-state index < -0.39 is 0 Å². The predicted molar refractivity (Wildman–Crippen MR) is 82.7 cm³/mol. The molecule has 3 rings (SSSR count). The molecule has 1 aliphatic rings. The molecule has 2 aromatic rings. The van der Waals surface area contributed by atoms with Crippen LogP contribution in [0.25, 0.3) is 0 Å². The van der Waals surface area contributed by atoms with E-state index in [9.17, 15) is 4.79 Å². The number of aromatic nitrogens is 1. The van der Waals surface area contributed by atoms with Gasteiger partial charge in [0.15, 0.2) is 5.69 Å². The highest BCUT2D eigenvalue weighted by Gasteiger charge is 2.29. The standard InChI is InChI=1S/C15H15ClN2O2S/c1-2-7-18(9-11-5-6-14(16)21-11)15(19)12-8-13(20-17-12)10-3-4-10/h2,5-6,8,10H,1,3-4,7,9H2. The minimum absolute atomic E-state index is 0.143. The Hall–Kier alpha value is -1.59. The van der Waals surface area contributed by atoms with E-state index in [1.807, 2.05) is 12.1 Å². The molecule has 0 aromatic carbocycles. The van der Waals surface area contributed by atoms with E-state index in [1.54, 1.807) is 17.0 Å². The van der Waals surface area contributed by atoms with E-state index in [2.05, 4.69) is 11.7 Å². The molecule has 1 aliphatic carbocycles. The third-order valence-electron chi connectivity index (χ3n) is 3.34. The molecule has 4 nitrogen and oxygen atoms in total. The molecule has 0 atom stereocenters. The molecule has 1 saturated carbocycles. The Morgan fingerprint density at radius 1 is 1.57 bits per heavy atom. The summed E-state index contributed by atoms with van der Waals surface area (Å²) in [6.07, 6.45) is 3.94. The molecule has 2 heterocycles. The van der Waals surface area contributed by atoms with Crippen LogP contribution in [0.1, 0.15) is 39.9 Å². The summed E-state index contributed by atoms with van der Waals surface area (Å²) >= 11 is 7.40. The minimum atomic E-state index is -0.143. The Labute approximate surface area is 132 Å². The van der Waals surface area contributed by atoms with Crippen molar-refractivity contribution in [2.45, 2.75) is 25.3 Å². The molecule has 1 amide bonds. The van der Waals surface area contributed by atoms with Gasteiger partial charge < -0.3 is 9.42 Å². The summed E-state index contributed by atoms with van der Waals surface area (Å²) in [5.41, 5.74) is 0.362. The third kappa shape index (κ3) is 3.36. The van der Waals surface area contributed by atoms with Gasteiger partial charge in [-0.2, -0.15) is 0 Å². The SMILES string of the molecule is C=CCN(Cc1ccc(Cl)s1)C(=O)c1cc(C2CC2)on1. The van der Waals surface area contributed by atoms with Crippen molar-refractivity contribution in [3.63, 3.8) is 0 Å². The third-order valence-corrected chi connectivity index (χ3v) is 4.56. The van der Waals surface area contributed by atoms with Crippen molar-refractivity contribution in [3.8, 4) is 0 Å². The summed E-state index contributed by atoms with van der Waals surface area (Å²) < 4.78 is 5.97. The Morgan fingerprint density at radius 2 is 2.38 bits per heavy atom. The minimum Gasteiger partial charge on any atom is -0.360 e. The number of thiophene rings is 1. The quantitative estimate of drug-likeness (QED) is 0.752. The lowest BCUT2D eigenvalue weighted by Gasteiger charge is -2.18. The van der Waals surface area contributed by atoms with Crippen LogP contribution in [0.2, 0.25) is 4.34 Å². The van der Waals surface area contributed by atoms with Gasteiger partial charge in [-0.3, -0.25) is 4.79 Å². The van der Waals surface area contributed by atoms with Gasteiger partial charge >= 0.3 is 0 Å². The summed E-state index contributed by atoms with van der Waals surface area (Å²) in [4.78, 5) is 15.2. The fourth-order valence-electron chi connectivity index (χ4n) is 2.11. The molecule has 0 saturated heterocycles. The number of halogens is 1. The lowest BCUT2D eigenvalue weighted by atomic mass is 10.2. The molecule has 0 bridgehead atoms. The number of hydrogen-bond donors (Lipinski definition) is 0. The average Bonchev–Trinajstić information content (AvgIpc) is 3.06. The first-order valence-corrected chi connectivity index (χ1v) is 7.98. The van der Waals surface area contributed by atoms with Crippen molar-refractivity contribution >= 4 is 28.8 Å². The van der Waals surface area contributed by atoms with Crippen LogP contribution in [0, 0.1) is 0 Å². The van der Waals surface area contributed by atoms with Crippen LogP contribution in [0.4, 0.5) is 0 Å². The van der Waals surface area contributed by atoms with Crippen LogP contribution in [-0.4, -0.2) is 22.5 Å². The normalized spacial score (nSPS) is 14.1. The van der Waals surface area contributed by atoms with Crippen LogP contribution in [-0.2, 0) is 6.54 Å². The molecular formula is C15H15ClN2O2S. The van der Waals surface area contributed by atoms with Gasteiger partial charge in [0.05, 0.1) is 10.9 Å². The molecule has 0 radical (unpaired) electrons. The summed E-state index contributed by atoms with van der Waals surface area (Å²) in [6, 6.07) is 5.52. The van der Waals surface area contributed by atoms with Gasteiger partial charge in [-0.25, -0.2) is 0 Å². The summed E-state index contributed by atoms with van der Waals surface area (Å²) in [7, 11) is 0. The molecule has 2 aromatic heterocycles. The number of carbonyl (C=O) groups is 1. The highest BCUT2D eigenvalue weighted by atomic mass is 35.5. The molecule has 1 fully saturated rings. The summed E-state index contributed by atoms with van der Waals surface area (Å²) in [6.45, 7) is 4.66. The van der Waals surface area contributed by atoms with E-state index >= 15 is 0 Å². The molecule has 21 heavy (non-hydrogen) atoms. The lowest BCUT2D eigenvalue weighted by molar-refractivity contribution is 0.0753. The highest BCUT2D eigenvalue weighted by molar-refractivity contribution is 7.16. The van der Waals surface area contributed by atoms with Crippen molar-refractivity contribution in [2.24, 2.45) is 0 Å². The fourth-order valence-corrected chi connectivity index (χ4v) is 3.22. The Bertz CT molecular complexity index is 660. The van der Waals surface area contributed by atoms with Crippen molar-refractivity contribution in [2.75, 3.05) is 6.54 Å². The molecule has 0 aliphatic heterocycles. The molecule has 6 heteroatoms. The van der Waals surface area contributed by atoms with E-state index in [4.69, 9.17) is 16.1 Å². The maximum Gasteiger partial charge on any atom is 0.276 e. The highest BCUT2D eigenvalue weighted by Crippen LogP contribution is 2.40. The van der Waals surface area contributed by atoms with Gasteiger partial charge in [-0.15, -0.1) is 17.9 Å². The zero-order valence-corrected chi connectivity index (χ0v) is 13.0. The van der Waals surface area contributed by atoms with Crippen LogP contribution >= 0.6 is 22.9 Å². The second-order valence-corrected chi connectivity index (χ2v) is 6.87. The topological polar surface area (TPSA) is 46.3 Å². The molecular weight excluding hydrogens is 308 g/mol. The summed E-state index contributed by atoms with van der Waals surface area (Å²) in [5, 5.41) is 3.90. The second-order valence-electron chi connectivity index (χ2n) is 5.07. The van der Waals surface area contributed by atoms with Crippen molar-refractivity contribution in [1.82, 2.24) is 10.1 Å². The second kappa shape index (κ2) is 6.03. The number of amides is 1. The van der Waals surface area contributed by atoms with E-state index in [1.165, 1.54) is 11.3 Å². The van der Waals surface area contributed by atoms with Crippen LogP contribution < -0.4 is 0 Å². The number of carbonyl (C=O) groups excluding carboxylic acids is 1. The summed E-state index contributed by atoms with van der Waals surface area (Å²) in [5.74, 6) is 1.12. The van der Waals surface area contributed by atoms with E-state index in [-0.39, 0.29) is 5.91 Å². The van der Waals surface area contributed by atoms with Gasteiger partial charge in [-0.05, 0) is 25.0 Å². The first-order valence-electron chi connectivity index (χ1n) is 6.78. The predicted octanol–water partition coefficient (Wildman–Crippen LogP) is 4.10. The van der Waals surface area contributed by atoms with E-state index in [0.717, 1.165) is 23.5 Å². The Balaban J connectivity index is 1.74.